The minimum atomic E-state index is -1.18. The number of hydrogen-bond donors (Lipinski definition) is 1. The van der Waals surface area contributed by atoms with Gasteiger partial charge >= 0.3 is 6.03 Å². The number of hydrazone groups is 1. The number of urea groups is 1. The van der Waals surface area contributed by atoms with E-state index in [1.54, 1.807) is 55.4 Å². The van der Waals surface area contributed by atoms with Crippen LogP contribution in [0.4, 0.5) is 16.2 Å². The molecular weight excluding hydrogens is 374 g/mol. The van der Waals surface area contributed by atoms with E-state index in [2.05, 4.69) is 10.4 Å². The van der Waals surface area contributed by atoms with E-state index < -0.39 is 22.4 Å². The second-order valence-corrected chi connectivity index (χ2v) is 6.82. The summed E-state index contributed by atoms with van der Waals surface area (Å²) >= 11 is 0. The maximum Gasteiger partial charge on any atom is 0.346 e. The number of carbonyl (C=O) groups is 2. The van der Waals surface area contributed by atoms with Crippen molar-refractivity contribution >= 4 is 29.5 Å². The van der Waals surface area contributed by atoms with Gasteiger partial charge in [0.15, 0.2) is 0 Å². The summed E-state index contributed by atoms with van der Waals surface area (Å²) < 4.78 is 0. The monoisotopic (exact) mass is 395 g/mol. The molecule has 3 amide bonds. The Morgan fingerprint density at radius 3 is 2.48 bits per heavy atom. The lowest BCUT2D eigenvalue weighted by atomic mass is 9.87. The van der Waals surface area contributed by atoms with Crippen molar-refractivity contribution in [2.75, 3.05) is 19.0 Å². The highest BCUT2D eigenvalue weighted by Gasteiger charge is 2.51. The maximum absolute atomic E-state index is 13.0. The zero-order valence-corrected chi connectivity index (χ0v) is 16.3. The first-order valence-electron chi connectivity index (χ1n) is 9.02. The number of nitrogens with one attached hydrogen (secondary N) is 1. The number of amides is 3. The first kappa shape index (κ1) is 20.0. The second kappa shape index (κ2) is 7.70. The van der Waals surface area contributed by atoms with Gasteiger partial charge in [0.1, 0.15) is 11.2 Å². The fourth-order valence-corrected chi connectivity index (χ4v) is 3.30. The smallest absolute Gasteiger partial charge is 0.346 e. The molecule has 3 rings (SSSR count). The molecule has 29 heavy (non-hydrogen) atoms. The summed E-state index contributed by atoms with van der Waals surface area (Å²) in [5.74, 6) is -0.494. The lowest BCUT2D eigenvalue weighted by Gasteiger charge is -2.24. The molecule has 0 bridgehead atoms. The molecule has 1 atom stereocenters. The SMILES string of the molecule is CC[C@@]1(c2ccccc2)NC(=O)N(/N=C\c2ccc(N(C)C)c([N+](=O)[O-])c2)C1=O. The average molecular weight is 395 g/mol. The van der Waals surface area contributed by atoms with E-state index in [0.29, 0.717) is 23.2 Å². The van der Waals surface area contributed by atoms with Gasteiger partial charge in [0, 0.05) is 25.7 Å². The van der Waals surface area contributed by atoms with Gasteiger partial charge in [0.25, 0.3) is 11.6 Å². The van der Waals surface area contributed by atoms with Crippen LogP contribution < -0.4 is 10.2 Å². The third kappa shape index (κ3) is 3.54. The summed E-state index contributed by atoms with van der Waals surface area (Å²) in [4.78, 5) is 37.9. The predicted molar refractivity (Wildman–Crippen MR) is 109 cm³/mol. The molecule has 1 aliphatic rings. The molecule has 0 aromatic heterocycles. The summed E-state index contributed by atoms with van der Waals surface area (Å²) in [7, 11) is 3.41. The van der Waals surface area contributed by atoms with Crippen LogP contribution in [0, 0.1) is 10.1 Å². The second-order valence-electron chi connectivity index (χ2n) is 6.82. The molecule has 2 aromatic rings. The van der Waals surface area contributed by atoms with Crippen LogP contribution >= 0.6 is 0 Å². The Labute approximate surface area is 167 Å². The summed E-state index contributed by atoms with van der Waals surface area (Å²) in [5, 5.41) is 18.8. The Bertz CT molecular complexity index is 990. The molecule has 0 radical (unpaired) electrons. The van der Waals surface area contributed by atoms with Gasteiger partial charge < -0.3 is 10.2 Å². The molecule has 2 aromatic carbocycles. The van der Waals surface area contributed by atoms with Crippen molar-refractivity contribution in [3.05, 3.63) is 69.8 Å². The molecule has 0 unspecified atom stereocenters. The predicted octanol–water partition coefficient (Wildman–Crippen LogP) is 2.85. The molecule has 0 saturated carbocycles. The normalized spacial score (nSPS) is 18.9. The minimum Gasteiger partial charge on any atom is -0.372 e. The fraction of sp³-hybridized carbons (Fsp3) is 0.250. The zero-order chi connectivity index (χ0) is 21.2. The summed E-state index contributed by atoms with van der Waals surface area (Å²) in [6, 6.07) is 12.9. The van der Waals surface area contributed by atoms with Crippen LogP contribution in [-0.2, 0) is 10.3 Å². The van der Waals surface area contributed by atoms with E-state index in [1.807, 2.05) is 13.0 Å². The molecule has 0 aliphatic carbocycles. The first-order valence-corrected chi connectivity index (χ1v) is 9.02. The number of carbonyl (C=O) groups excluding carboxylic acids is 2. The third-order valence-electron chi connectivity index (χ3n) is 4.87. The van der Waals surface area contributed by atoms with Crippen molar-refractivity contribution in [2.45, 2.75) is 18.9 Å². The van der Waals surface area contributed by atoms with Crippen molar-refractivity contribution in [1.82, 2.24) is 10.3 Å². The van der Waals surface area contributed by atoms with Gasteiger partial charge in [-0.3, -0.25) is 14.9 Å². The molecule has 1 fully saturated rings. The molecule has 150 valence electrons. The van der Waals surface area contributed by atoms with Gasteiger partial charge in [-0.2, -0.15) is 5.10 Å². The largest absolute Gasteiger partial charge is 0.372 e. The average Bonchev–Trinajstić information content (AvgIpc) is 2.97. The van der Waals surface area contributed by atoms with Crippen LogP contribution in [0.2, 0.25) is 0 Å². The molecule has 1 aliphatic heterocycles. The minimum absolute atomic E-state index is 0.0941. The molecule has 0 spiro atoms. The highest BCUT2D eigenvalue weighted by atomic mass is 16.6. The van der Waals surface area contributed by atoms with Crippen molar-refractivity contribution < 1.29 is 14.5 Å². The number of anilines is 1. The van der Waals surface area contributed by atoms with Crippen molar-refractivity contribution in [3.63, 3.8) is 0 Å². The summed E-state index contributed by atoms with van der Waals surface area (Å²) in [5.41, 5.74) is 0.233. The fourth-order valence-electron chi connectivity index (χ4n) is 3.30. The van der Waals surface area contributed by atoms with Gasteiger partial charge in [-0.15, -0.1) is 5.01 Å². The van der Waals surface area contributed by atoms with Crippen molar-refractivity contribution in [1.29, 1.82) is 0 Å². The van der Waals surface area contributed by atoms with Crippen molar-refractivity contribution in [3.8, 4) is 0 Å². The van der Waals surface area contributed by atoms with E-state index in [-0.39, 0.29) is 5.69 Å². The third-order valence-corrected chi connectivity index (χ3v) is 4.87. The van der Waals surface area contributed by atoms with Crippen LogP contribution in [-0.4, -0.2) is 42.2 Å². The zero-order valence-electron chi connectivity index (χ0n) is 16.3. The van der Waals surface area contributed by atoms with E-state index in [1.165, 1.54) is 12.3 Å². The summed E-state index contributed by atoms with van der Waals surface area (Å²) in [6.07, 6.45) is 1.62. The maximum atomic E-state index is 13.0. The van der Waals surface area contributed by atoms with E-state index in [9.17, 15) is 19.7 Å². The van der Waals surface area contributed by atoms with E-state index >= 15 is 0 Å². The molecular formula is C20H21N5O4. The Hall–Kier alpha value is -3.75. The lowest BCUT2D eigenvalue weighted by Crippen LogP contribution is -2.43. The highest BCUT2D eigenvalue weighted by Crippen LogP contribution is 2.32. The van der Waals surface area contributed by atoms with Gasteiger partial charge in [0.2, 0.25) is 0 Å². The van der Waals surface area contributed by atoms with Crippen LogP contribution in [0.1, 0.15) is 24.5 Å². The number of nitro groups is 1. The number of imide groups is 1. The molecule has 9 heteroatoms. The number of hydrogen-bond acceptors (Lipinski definition) is 6. The van der Waals surface area contributed by atoms with Crippen molar-refractivity contribution in [2.24, 2.45) is 5.10 Å². The van der Waals surface area contributed by atoms with Crippen LogP contribution in [0.5, 0.6) is 0 Å². The Balaban J connectivity index is 1.92. The Kier molecular flexibility index (Phi) is 5.31. The van der Waals surface area contributed by atoms with Crippen LogP contribution in [0.25, 0.3) is 0 Å². The van der Waals surface area contributed by atoms with Gasteiger partial charge in [0.05, 0.1) is 11.1 Å². The van der Waals surface area contributed by atoms with Gasteiger partial charge in [-0.25, -0.2) is 4.79 Å². The van der Waals surface area contributed by atoms with E-state index in [0.717, 1.165) is 5.01 Å². The first-order chi connectivity index (χ1) is 13.8. The molecule has 1 saturated heterocycles. The van der Waals surface area contributed by atoms with Gasteiger partial charge in [-0.1, -0.05) is 43.3 Å². The quantitative estimate of drug-likeness (QED) is 0.350. The number of nitrogens with zero attached hydrogens (tertiary/aromatic N) is 4. The highest BCUT2D eigenvalue weighted by molar-refractivity contribution is 6.07. The Morgan fingerprint density at radius 1 is 1.21 bits per heavy atom. The van der Waals surface area contributed by atoms with Crippen LogP contribution in [0.15, 0.2) is 53.6 Å². The van der Waals surface area contributed by atoms with Gasteiger partial charge in [-0.05, 0) is 18.1 Å². The standard InChI is InChI=1S/C20H21N5O4/c1-4-20(15-8-6-5-7-9-15)18(26)24(19(27)22-20)21-13-14-10-11-16(23(2)3)17(12-14)25(28)29/h5-13H,4H2,1-3H3,(H,22,27)/b21-13-/t20-/m0/s1. The Morgan fingerprint density at radius 2 is 1.90 bits per heavy atom. The van der Waals surface area contributed by atoms with Crippen LogP contribution in [0.3, 0.4) is 0 Å². The summed E-state index contributed by atoms with van der Waals surface area (Å²) in [6.45, 7) is 1.81. The number of benzene rings is 2. The van der Waals surface area contributed by atoms with E-state index in [4.69, 9.17) is 0 Å². The number of nitro benzene ring substituents is 1. The topological polar surface area (TPSA) is 108 Å². The molecule has 1 heterocycles. The molecule has 9 nitrogen and oxygen atoms in total. The lowest BCUT2D eigenvalue weighted by molar-refractivity contribution is -0.384. The molecule has 1 N–H and O–H groups in total. The number of rotatable bonds is 6.